The Balaban J connectivity index is 1.64. The van der Waals surface area contributed by atoms with E-state index in [9.17, 15) is 14.4 Å². The van der Waals surface area contributed by atoms with Gasteiger partial charge in [0.15, 0.2) is 5.69 Å². The van der Waals surface area contributed by atoms with E-state index in [0.29, 0.717) is 46.5 Å². The van der Waals surface area contributed by atoms with Crippen molar-refractivity contribution in [2.45, 2.75) is 13.0 Å². The zero-order valence-corrected chi connectivity index (χ0v) is 17.1. The summed E-state index contributed by atoms with van der Waals surface area (Å²) in [4.78, 5) is 11.6. The molecule has 0 aliphatic carbocycles. The van der Waals surface area contributed by atoms with Crippen LogP contribution >= 0.6 is 0 Å². The first kappa shape index (κ1) is 19.8. The van der Waals surface area contributed by atoms with Gasteiger partial charge in [0.1, 0.15) is 18.2 Å². The van der Waals surface area contributed by atoms with Crippen LogP contribution in [0.2, 0.25) is 0 Å². The Kier molecular flexibility index (Phi) is 4.66. The number of ether oxygens (including phenoxy) is 1. The molecule has 3 aromatic carbocycles. The monoisotopic (exact) mass is 429 g/mol. The average Bonchev–Trinajstić information content (AvgIpc) is 3.03. The van der Waals surface area contributed by atoms with Gasteiger partial charge >= 0.3 is 0 Å². The van der Waals surface area contributed by atoms with Crippen molar-refractivity contribution in [3.63, 3.8) is 0 Å². The number of nitroso groups, excluding NO2 is 1. The topological polar surface area (TPSA) is 89.8 Å². The molecule has 0 saturated heterocycles. The number of hydrogen-bond acceptors (Lipinski definition) is 5. The van der Waals surface area contributed by atoms with E-state index in [2.05, 4.69) is 11.8 Å². The Morgan fingerprint density at radius 1 is 1.16 bits per heavy atom. The maximum Gasteiger partial charge on any atom is 0.222 e. The quantitative estimate of drug-likeness (QED) is 0.248. The third kappa shape index (κ3) is 3.28. The summed E-state index contributed by atoms with van der Waals surface area (Å²) in [6.45, 7) is 4.39. The van der Waals surface area contributed by atoms with Crippen LogP contribution in [-0.4, -0.2) is 16.3 Å². The molecule has 1 aliphatic rings. The minimum absolute atomic E-state index is 0.0645. The molecule has 7 heteroatoms. The normalized spacial score (nSPS) is 13.1. The number of fused-ring (bicyclic) bond motifs is 2. The molecule has 5 rings (SSSR count). The molecule has 32 heavy (non-hydrogen) atoms. The highest BCUT2D eigenvalue weighted by Crippen LogP contribution is 2.42. The van der Waals surface area contributed by atoms with E-state index < -0.39 is 5.82 Å². The Morgan fingerprint density at radius 2 is 1.97 bits per heavy atom. The lowest BCUT2D eigenvalue weighted by atomic mass is 9.99. The summed E-state index contributed by atoms with van der Waals surface area (Å²) < 4.78 is 21.7. The molecule has 4 aromatic rings. The summed E-state index contributed by atoms with van der Waals surface area (Å²) in [7, 11) is 0. The second-order valence-electron chi connectivity index (χ2n) is 7.98. The zero-order valence-electron chi connectivity index (χ0n) is 17.1. The van der Waals surface area contributed by atoms with E-state index in [4.69, 9.17) is 10.5 Å². The molecule has 3 N–H and O–H groups in total. The van der Waals surface area contributed by atoms with Crippen LogP contribution in [0.25, 0.3) is 22.0 Å². The van der Waals surface area contributed by atoms with Crippen LogP contribution in [0, 0.1) is 10.7 Å². The molecule has 0 atom stereocenters. The third-order valence-electron chi connectivity index (χ3n) is 5.72. The van der Waals surface area contributed by atoms with Crippen molar-refractivity contribution in [3.05, 3.63) is 88.6 Å². The van der Waals surface area contributed by atoms with E-state index in [1.165, 1.54) is 16.7 Å². The summed E-state index contributed by atoms with van der Waals surface area (Å²) in [5.74, 6) is -0.0966. The molecule has 6 nitrogen and oxygen atoms in total. The number of rotatable bonds is 4. The molecule has 0 bridgehead atoms. The van der Waals surface area contributed by atoms with E-state index in [1.807, 2.05) is 24.3 Å². The summed E-state index contributed by atoms with van der Waals surface area (Å²) in [5.41, 5.74) is 10.9. The summed E-state index contributed by atoms with van der Waals surface area (Å²) in [6, 6.07) is 15.7. The van der Waals surface area contributed by atoms with E-state index in [0.717, 1.165) is 16.7 Å². The number of hydrogen-bond donors (Lipinski definition) is 2. The lowest BCUT2D eigenvalue weighted by molar-refractivity contribution is 0.326. The van der Waals surface area contributed by atoms with Gasteiger partial charge in [-0.2, -0.15) is 0 Å². The third-order valence-corrected chi connectivity index (χ3v) is 5.72. The fourth-order valence-electron chi connectivity index (χ4n) is 4.28. The Hall–Kier alpha value is -4.13. The number of benzene rings is 3. The van der Waals surface area contributed by atoms with Gasteiger partial charge in [0, 0.05) is 28.6 Å². The minimum Gasteiger partial charge on any atom is -0.493 e. The smallest absolute Gasteiger partial charge is 0.222 e. The van der Waals surface area contributed by atoms with E-state index >= 15 is 0 Å². The predicted octanol–water partition coefficient (Wildman–Crippen LogP) is 5.67. The highest BCUT2D eigenvalue weighted by molar-refractivity contribution is 5.98. The predicted molar refractivity (Wildman–Crippen MR) is 123 cm³/mol. The zero-order chi connectivity index (χ0) is 22.4. The van der Waals surface area contributed by atoms with Crippen molar-refractivity contribution >= 4 is 22.3 Å². The summed E-state index contributed by atoms with van der Waals surface area (Å²) in [5, 5.41) is 14.4. The molecule has 2 heterocycles. The lowest BCUT2D eigenvalue weighted by Crippen LogP contribution is -2.14. The fourth-order valence-corrected chi connectivity index (χ4v) is 4.28. The minimum atomic E-state index is -0.398. The molecule has 0 unspecified atom stereocenters. The van der Waals surface area contributed by atoms with Crippen LogP contribution in [0.3, 0.4) is 0 Å². The van der Waals surface area contributed by atoms with Gasteiger partial charge in [-0.05, 0) is 58.3 Å². The van der Waals surface area contributed by atoms with Crippen molar-refractivity contribution in [2.24, 2.45) is 5.18 Å². The number of nitrogen functional groups attached to an aromatic ring is 1. The molecule has 1 aliphatic heterocycles. The summed E-state index contributed by atoms with van der Waals surface area (Å²) in [6.07, 6.45) is 0.531. The van der Waals surface area contributed by atoms with Gasteiger partial charge in [-0.25, -0.2) is 4.39 Å². The second kappa shape index (κ2) is 7.53. The lowest BCUT2D eigenvalue weighted by Gasteiger charge is -2.22. The van der Waals surface area contributed by atoms with Crippen molar-refractivity contribution in [3.8, 4) is 22.8 Å². The van der Waals surface area contributed by atoms with Gasteiger partial charge in [-0.3, -0.25) is 0 Å². The molecule has 1 aromatic heterocycles. The van der Waals surface area contributed by atoms with Crippen molar-refractivity contribution < 1.29 is 14.2 Å². The first-order valence-corrected chi connectivity index (χ1v) is 10.1. The standard InChI is InChI=1S/C25H20FN3O3/c1-14-7-17-8-19(26)9-18(24(17)32-13-14)12-29-22-6-5-16(15-3-2-4-20(27)10-15)11-21(22)23(28-31)25(29)30/h2-6,8-11,30H,1,7,12-13,27H2. The van der Waals surface area contributed by atoms with Crippen LogP contribution in [-0.2, 0) is 13.0 Å². The maximum absolute atomic E-state index is 14.3. The Bertz CT molecular complexity index is 1410. The van der Waals surface area contributed by atoms with Crippen LogP contribution in [0.4, 0.5) is 15.8 Å². The van der Waals surface area contributed by atoms with Crippen LogP contribution in [0.5, 0.6) is 11.6 Å². The first-order valence-electron chi connectivity index (χ1n) is 10.1. The molecule has 0 fully saturated rings. The number of aromatic nitrogens is 1. The number of anilines is 1. The number of nitrogens with zero attached hydrogens (tertiary/aromatic N) is 2. The largest absolute Gasteiger partial charge is 0.493 e. The van der Waals surface area contributed by atoms with Crippen LogP contribution in [0.1, 0.15) is 11.1 Å². The number of halogens is 1. The molecular formula is C25H20FN3O3. The van der Waals surface area contributed by atoms with Crippen LogP contribution < -0.4 is 10.5 Å². The molecule has 0 saturated carbocycles. The summed E-state index contributed by atoms with van der Waals surface area (Å²) >= 11 is 0. The second-order valence-corrected chi connectivity index (χ2v) is 7.98. The van der Waals surface area contributed by atoms with Crippen LogP contribution in [0.15, 0.2) is 71.9 Å². The van der Waals surface area contributed by atoms with Gasteiger partial charge in [0.25, 0.3) is 0 Å². The van der Waals surface area contributed by atoms with Gasteiger partial charge < -0.3 is 20.1 Å². The van der Waals surface area contributed by atoms with Gasteiger partial charge in [-0.15, -0.1) is 4.91 Å². The Morgan fingerprint density at radius 3 is 2.75 bits per heavy atom. The van der Waals surface area contributed by atoms with Crippen molar-refractivity contribution in [1.82, 2.24) is 4.57 Å². The maximum atomic E-state index is 14.3. The van der Waals surface area contributed by atoms with Gasteiger partial charge in [0.05, 0.1) is 12.1 Å². The number of aromatic hydroxyl groups is 1. The van der Waals surface area contributed by atoms with Crippen molar-refractivity contribution in [1.29, 1.82) is 0 Å². The highest BCUT2D eigenvalue weighted by atomic mass is 19.1. The molecule has 0 radical (unpaired) electrons. The molecule has 0 spiro atoms. The van der Waals surface area contributed by atoms with Gasteiger partial charge in [-0.1, -0.05) is 24.8 Å². The molecule has 0 amide bonds. The molecular weight excluding hydrogens is 409 g/mol. The Labute approximate surface area is 183 Å². The number of nitrogens with two attached hydrogens (primary N) is 1. The van der Waals surface area contributed by atoms with E-state index in [1.54, 1.807) is 18.2 Å². The fraction of sp³-hybridized carbons (Fsp3) is 0.120. The highest BCUT2D eigenvalue weighted by Gasteiger charge is 2.23. The van der Waals surface area contributed by atoms with E-state index in [-0.39, 0.29) is 18.1 Å². The molecule has 160 valence electrons. The van der Waals surface area contributed by atoms with Gasteiger partial charge in [0.2, 0.25) is 5.88 Å². The van der Waals surface area contributed by atoms with Crippen molar-refractivity contribution in [2.75, 3.05) is 12.3 Å². The first-order chi connectivity index (χ1) is 15.4. The SMILES string of the molecule is C=C1COc2c(cc(F)cc2Cn2c(O)c(N=O)c3cc(-c4cccc(N)c4)ccc32)C1. The average molecular weight is 429 g/mol.